The van der Waals surface area contributed by atoms with Crippen LogP contribution in [0.2, 0.25) is 0 Å². The van der Waals surface area contributed by atoms with Gasteiger partial charge in [0.15, 0.2) is 0 Å². The fraction of sp³-hybridized carbons (Fsp3) is 0.231. The van der Waals surface area contributed by atoms with Gasteiger partial charge in [-0.05, 0) is 19.1 Å². The summed E-state index contributed by atoms with van der Waals surface area (Å²) in [5.41, 5.74) is 2.02. The van der Waals surface area contributed by atoms with E-state index in [0.717, 1.165) is 11.3 Å². The van der Waals surface area contributed by atoms with Crippen LogP contribution in [0.25, 0.3) is 5.69 Å². The number of aromatic amines is 1. The second kappa shape index (κ2) is 4.91. The Kier molecular flexibility index (Phi) is 3.32. The molecular weight excluding hydrogens is 232 g/mol. The Hall–Kier alpha value is -2.30. The topological polar surface area (TPSA) is 64.1 Å². The molecule has 5 heteroatoms. The van der Waals surface area contributed by atoms with Crippen molar-refractivity contribution < 1.29 is 9.53 Å². The van der Waals surface area contributed by atoms with Gasteiger partial charge in [0.1, 0.15) is 0 Å². The van der Waals surface area contributed by atoms with Crippen molar-refractivity contribution >= 4 is 5.97 Å². The van der Waals surface area contributed by atoms with Crippen molar-refractivity contribution in [1.29, 1.82) is 0 Å². The number of esters is 1. The maximum Gasteiger partial charge on any atom is 0.310 e. The molecule has 0 bridgehead atoms. The van der Waals surface area contributed by atoms with E-state index in [4.69, 9.17) is 0 Å². The van der Waals surface area contributed by atoms with Crippen molar-refractivity contribution in [3.05, 3.63) is 51.9 Å². The molecule has 2 rings (SSSR count). The van der Waals surface area contributed by atoms with E-state index in [1.807, 2.05) is 31.2 Å². The molecule has 0 aliphatic carbocycles. The van der Waals surface area contributed by atoms with Crippen LogP contribution < -0.4 is 5.56 Å². The van der Waals surface area contributed by atoms with Crippen LogP contribution in [0, 0.1) is 6.92 Å². The highest BCUT2D eigenvalue weighted by Gasteiger charge is 2.11. The Balaban J connectivity index is 2.34. The number of nitrogens with one attached hydrogen (secondary N) is 1. The summed E-state index contributed by atoms with van der Waals surface area (Å²) in [6.07, 6.45) is 1.50. The van der Waals surface area contributed by atoms with E-state index in [1.165, 1.54) is 18.0 Å². The van der Waals surface area contributed by atoms with Crippen LogP contribution in [-0.2, 0) is 16.0 Å². The molecule has 0 aliphatic rings. The monoisotopic (exact) mass is 246 g/mol. The number of methoxy groups -OCH3 is 1. The summed E-state index contributed by atoms with van der Waals surface area (Å²) in [6.45, 7) is 1.98. The molecule has 94 valence electrons. The maximum atomic E-state index is 12.0. The van der Waals surface area contributed by atoms with Gasteiger partial charge in [0, 0.05) is 11.8 Å². The molecule has 1 heterocycles. The van der Waals surface area contributed by atoms with Crippen LogP contribution in [0.1, 0.15) is 11.1 Å². The lowest BCUT2D eigenvalue weighted by atomic mass is 10.2. The summed E-state index contributed by atoms with van der Waals surface area (Å²) >= 11 is 0. The van der Waals surface area contributed by atoms with Crippen molar-refractivity contribution in [1.82, 2.24) is 9.78 Å². The number of aryl methyl sites for hydroxylation is 1. The van der Waals surface area contributed by atoms with E-state index in [2.05, 4.69) is 9.84 Å². The van der Waals surface area contributed by atoms with Crippen molar-refractivity contribution in [2.75, 3.05) is 7.11 Å². The normalized spacial score (nSPS) is 10.3. The summed E-state index contributed by atoms with van der Waals surface area (Å²) < 4.78 is 5.94. The lowest BCUT2D eigenvalue weighted by Gasteiger charge is -2.01. The second-order valence-corrected chi connectivity index (χ2v) is 4.03. The minimum absolute atomic E-state index is 0.0231. The number of H-pyrrole nitrogens is 1. The largest absolute Gasteiger partial charge is 0.469 e. The Morgan fingerprint density at radius 3 is 2.61 bits per heavy atom. The van der Waals surface area contributed by atoms with E-state index in [0.29, 0.717) is 5.56 Å². The van der Waals surface area contributed by atoms with Crippen LogP contribution in [0.3, 0.4) is 0 Å². The number of hydrogen-bond donors (Lipinski definition) is 1. The fourth-order valence-corrected chi connectivity index (χ4v) is 1.65. The molecule has 0 unspecified atom stereocenters. The Bertz CT molecular complexity index is 608. The molecule has 18 heavy (non-hydrogen) atoms. The minimum atomic E-state index is -0.429. The Morgan fingerprint density at radius 2 is 2.00 bits per heavy atom. The van der Waals surface area contributed by atoms with E-state index >= 15 is 0 Å². The number of carbonyl (C=O) groups is 1. The highest BCUT2D eigenvalue weighted by molar-refractivity contribution is 5.72. The predicted molar refractivity (Wildman–Crippen MR) is 66.8 cm³/mol. The molecule has 0 fully saturated rings. The molecular formula is C13H14N2O3. The van der Waals surface area contributed by atoms with Gasteiger partial charge in [-0.1, -0.05) is 17.7 Å². The van der Waals surface area contributed by atoms with E-state index in [-0.39, 0.29) is 12.0 Å². The molecule has 0 amide bonds. The quantitative estimate of drug-likeness (QED) is 0.827. The smallest absolute Gasteiger partial charge is 0.310 e. The zero-order chi connectivity index (χ0) is 13.1. The number of ether oxygens (including phenoxy) is 1. The Morgan fingerprint density at radius 1 is 1.33 bits per heavy atom. The van der Waals surface area contributed by atoms with E-state index in [1.54, 1.807) is 0 Å². The first-order valence-electron chi connectivity index (χ1n) is 5.55. The molecule has 0 spiro atoms. The highest BCUT2D eigenvalue weighted by Crippen LogP contribution is 2.06. The van der Waals surface area contributed by atoms with Gasteiger partial charge in [-0.15, -0.1) is 0 Å². The van der Waals surface area contributed by atoms with Crippen molar-refractivity contribution in [2.24, 2.45) is 0 Å². The van der Waals surface area contributed by atoms with Crippen molar-refractivity contribution in [3.63, 3.8) is 0 Å². The minimum Gasteiger partial charge on any atom is -0.469 e. The molecule has 5 nitrogen and oxygen atoms in total. The molecule has 1 aromatic carbocycles. The lowest BCUT2D eigenvalue weighted by molar-refractivity contribution is -0.139. The number of carbonyl (C=O) groups excluding carboxylic acids is 1. The number of hydrogen-bond acceptors (Lipinski definition) is 3. The van der Waals surface area contributed by atoms with Crippen LogP contribution in [-0.4, -0.2) is 22.9 Å². The molecule has 2 aromatic rings. The van der Waals surface area contributed by atoms with Gasteiger partial charge in [0.2, 0.25) is 0 Å². The average molecular weight is 246 g/mol. The summed E-state index contributed by atoms with van der Waals surface area (Å²) in [5, 5.41) is 2.84. The highest BCUT2D eigenvalue weighted by atomic mass is 16.5. The van der Waals surface area contributed by atoms with Crippen molar-refractivity contribution in [2.45, 2.75) is 13.3 Å². The first-order chi connectivity index (χ1) is 8.61. The first kappa shape index (κ1) is 12.2. The van der Waals surface area contributed by atoms with Crippen LogP contribution >= 0.6 is 0 Å². The van der Waals surface area contributed by atoms with Gasteiger partial charge in [0.05, 0.1) is 19.2 Å². The third-order valence-electron chi connectivity index (χ3n) is 2.70. The van der Waals surface area contributed by atoms with E-state index < -0.39 is 5.97 Å². The fourth-order valence-electron chi connectivity index (χ4n) is 1.65. The first-order valence-corrected chi connectivity index (χ1v) is 5.55. The van der Waals surface area contributed by atoms with Crippen molar-refractivity contribution in [3.8, 4) is 5.69 Å². The zero-order valence-corrected chi connectivity index (χ0v) is 10.3. The summed E-state index contributed by atoms with van der Waals surface area (Å²) in [6, 6.07) is 7.52. The Labute approximate surface area is 104 Å². The van der Waals surface area contributed by atoms with E-state index in [9.17, 15) is 9.59 Å². The van der Waals surface area contributed by atoms with Gasteiger partial charge in [-0.2, -0.15) is 0 Å². The van der Waals surface area contributed by atoms with Gasteiger partial charge >= 0.3 is 5.97 Å². The lowest BCUT2D eigenvalue weighted by Crippen LogP contribution is -2.19. The molecule has 0 saturated carbocycles. The standard InChI is InChI=1S/C13H14N2O3/c1-9-3-5-11(6-4-9)15-13(17)10(8-14-15)7-12(16)18-2/h3-6,8,14H,7H2,1-2H3. The molecule has 0 saturated heterocycles. The number of nitrogens with zero attached hydrogens (tertiary/aromatic N) is 1. The molecule has 0 atom stereocenters. The van der Waals surface area contributed by atoms with Gasteiger partial charge < -0.3 is 4.74 Å². The molecule has 0 radical (unpaired) electrons. The molecule has 1 N–H and O–H groups in total. The number of aromatic nitrogens is 2. The van der Waals surface area contributed by atoms with Gasteiger partial charge in [-0.3, -0.25) is 14.7 Å². The van der Waals surface area contributed by atoms with Crippen LogP contribution in [0.4, 0.5) is 0 Å². The zero-order valence-electron chi connectivity index (χ0n) is 10.3. The molecule has 0 aliphatic heterocycles. The summed E-state index contributed by atoms with van der Waals surface area (Å²) in [4.78, 5) is 23.2. The third kappa shape index (κ3) is 2.34. The third-order valence-corrected chi connectivity index (χ3v) is 2.70. The van der Waals surface area contributed by atoms with Gasteiger partial charge in [-0.25, -0.2) is 4.68 Å². The maximum absolute atomic E-state index is 12.0. The predicted octanol–water partition coefficient (Wildman–Crippen LogP) is 1.19. The van der Waals surface area contributed by atoms with Crippen LogP contribution in [0.5, 0.6) is 0 Å². The SMILES string of the molecule is COC(=O)Cc1c[nH]n(-c2ccc(C)cc2)c1=O. The van der Waals surface area contributed by atoms with Gasteiger partial charge in [0.25, 0.3) is 5.56 Å². The summed E-state index contributed by atoms with van der Waals surface area (Å²) in [5.74, 6) is -0.429. The molecule has 1 aromatic heterocycles. The number of benzene rings is 1. The van der Waals surface area contributed by atoms with Crippen LogP contribution in [0.15, 0.2) is 35.3 Å². The average Bonchev–Trinajstić information content (AvgIpc) is 2.72. The summed E-state index contributed by atoms with van der Waals surface area (Å²) in [7, 11) is 1.30. The second-order valence-electron chi connectivity index (χ2n) is 4.03. The number of rotatable bonds is 3.